The molecule has 2 amide bonds. The Bertz CT molecular complexity index is 1200. The van der Waals surface area contributed by atoms with E-state index in [0.717, 1.165) is 54.7 Å². The molecule has 1 aromatic carbocycles. The molecule has 0 spiro atoms. The number of nitrogens with zero attached hydrogens (tertiary/aromatic N) is 2. The zero-order valence-electron chi connectivity index (χ0n) is 18.4. The van der Waals surface area contributed by atoms with Crippen LogP contribution in [0.2, 0.25) is 0 Å². The molecule has 1 saturated carbocycles. The van der Waals surface area contributed by atoms with E-state index in [9.17, 15) is 14.7 Å². The number of anilines is 1. The first-order valence-corrected chi connectivity index (χ1v) is 11.3. The monoisotopic (exact) mass is 445 g/mol. The second-order valence-corrected chi connectivity index (χ2v) is 8.93. The fourth-order valence-corrected chi connectivity index (χ4v) is 4.60. The summed E-state index contributed by atoms with van der Waals surface area (Å²) in [6.45, 7) is 1.62. The highest BCUT2D eigenvalue weighted by Gasteiger charge is 2.51. The number of hydrogen-bond acceptors (Lipinski definition) is 6. The molecular weight excluding hydrogens is 418 g/mol. The van der Waals surface area contributed by atoms with Gasteiger partial charge in [0.05, 0.1) is 23.0 Å². The number of nitrogens with two attached hydrogens (primary N) is 1. The van der Waals surface area contributed by atoms with Crippen molar-refractivity contribution in [1.29, 1.82) is 0 Å². The molecule has 0 bridgehead atoms. The van der Waals surface area contributed by atoms with Crippen LogP contribution >= 0.6 is 0 Å². The number of aliphatic hydroxyl groups is 1. The molecule has 1 fully saturated rings. The predicted molar refractivity (Wildman–Crippen MR) is 126 cm³/mol. The topological polar surface area (TPSA) is 130 Å². The fraction of sp³-hybridized carbons (Fsp3) is 0.360. The number of hydrogen-bond donors (Lipinski definition) is 4. The molecule has 170 valence electrons. The van der Waals surface area contributed by atoms with Crippen LogP contribution in [-0.4, -0.2) is 40.8 Å². The van der Waals surface area contributed by atoms with E-state index in [1.54, 1.807) is 12.3 Å². The average molecular weight is 446 g/mol. The van der Waals surface area contributed by atoms with E-state index in [4.69, 9.17) is 10.7 Å². The smallest absolute Gasteiger partial charge is 0.245 e. The van der Waals surface area contributed by atoms with Crippen molar-refractivity contribution in [3.05, 3.63) is 58.4 Å². The van der Waals surface area contributed by atoms with Gasteiger partial charge in [-0.15, -0.1) is 0 Å². The van der Waals surface area contributed by atoms with E-state index in [2.05, 4.69) is 15.6 Å². The minimum atomic E-state index is -0.599. The summed E-state index contributed by atoms with van der Waals surface area (Å²) in [5.74, 6) is -0.543. The summed E-state index contributed by atoms with van der Waals surface area (Å²) in [7, 11) is 0. The molecule has 33 heavy (non-hydrogen) atoms. The van der Waals surface area contributed by atoms with Gasteiger partial charge in [-0.05, 0) is 42.2 Å². The molecule has 8 heteroatoms. The first-order valence-electron chi connectivity index (χ1n) is 11.3. The lowest BCUT2D eigenvalue weighted by Gasteiger charge is -2.19. The number of carbonyl (C=O) groups excluding carboxylic acids is 2. The summed E-state index contributed by atoms with van der Waals surface area (Å²) in [6, 6.07) is 7.75. The minimum Gasteiger partial charge on any atom is -0.396 e. The summed E-state index contributed by atoms with van der Waals surface area (Å²) in [4.78, 5) is 34.4. The summed E-state index contributed by atoms with van der Waals surface area (Å²) in [5, 5.41) is 15.8. The summed E-state index contributed by atoms with van der Waals surface area (Å²) >= 11 is 0. The van der Waals surface area contributed by atoms with Crippen LogP contribution in [0.4, 0.5) is 11.4 Å². The van der Waals surface area contributed by atoms with Crippen molar-refractivity contribution >= 4 is 35.0 Å². The highest BCUT2D eigenvalue weighted by atomic mass is 16.3. The summed E-state index contributed by atoms with van der Waals surface area (Å²) < 4.78 is 0. The molecule has 2 aromatic rings. The number of aromatic nitrogens is 1. The summed E-state index contributed by atoms with van der Waals surface area (Å²) in [6.07, 6.45) is 6.57. The maximum atomic E-state index is 13.3. The number of fused-ring (bicyclic) bond motifs is 2. The van der Waals surface area contributed by atoms with Crippen molar-refractivity contribution in [3.8, 4) is 0 Å². The number of carbonyl (C=O) groups is 2. The van der Waals surface area contributed by atoms with E-state index in [1.165, 1.54) is 0 Å². The van der Waals surface area contributed by atoms with Crippen LogP contribution < -0.4 is 16.4 Å². The van der Waals surface area contributed by atoms with Gasteiger partial charge in [0.15, 0.2) is 0 Å². The molecule has 2 aliphatic heterocycles. The van der Waals surface area contributed by atoms with Crippen molar-refractivity contribution in [2.75, 3.05) is 18.5 Å². The Morgan fingerprint density at radius 3 is 2.85 bits per heavy atom. The molecular formula is C25H27N5O3. The second-order valence-electron chi connectivity index (χ2n) is 8.93. The Morgan fingerprint density at radius 1 is 1.24 bits per heavy atom. The molecule has 8 nitrogen and oxygen atoms in total. The van der Waals surface area contributed by atoms with Crippen molar-refractivity contribution < 1.29 is 14.7 Å². The quantitative estimate of drug-likeness (QED) is 0.541. The standard InChI is InChI=1S/C25H27N5O3/c26-23(32)16-9-15-1-2-18(12-22(15)29-19(10-16)4-8-31)25(5-6-25)24(33)30-20-11-17-13-27-7-3-21(17)28-14-20/h1-2,9,11-12,14,27,31H,3-8,10,13H2,(H2,26,32)(H,30,33). The Hall–Kier alpha value is -3.36. The third-order valence-electron chi connectivity index (χ3n) is 6.66. The number of nitrogens with one attached hydrogen (secondary N) is 2. The number of amides is 2. The highest BCUT2D eigenvalue weighted by molar-refractivity contribution is 6.06. The Labute approximate surface area is 192 Å². The van der Waals surface area contributed by atoms with Gasteiger partial charge in [0.25, 0.3) is 0 Å². The molecule has 1 aliphatic carbocycles. The molecule has 1 aromatic heterocycles. The van der Waals surface area contributed by atoms with Crippen molar-refractivity contribution in [2.24, 2.45) is 10.7 Å². The van der Waals surface area contributed by atoms with Crippen LogP contribution in [0.15, 0.2) is 41.0 Å². The molecule has 0 saturated heterocycles. The van der Waals surface area contributed by atoms with Crippen LogP contribution in [0.25, 0.3) is 6.08 Å². The average Bonchev–Trinajstić information content (AvgIpc) is 3.63. The van der Waals surface area contributed by atoms with Gasteiger partial charge in [0.1, 0.15) is 0 Å². The van der Waals surface area contributed by atoms with Crippen molar-refractivity contribution in [2.45, 2.75) is 44.1 Å². The first kappa shape index (κ1) is 21.5. The molecule has 0 atom stereocenters. The van der Waals surface area contributed by atoms with Crippen LogP contribution in [0.3, 0.4) is 0 Å². The van der Waals surface area contributed by atoms with Crippen molar-refractivity contribution in [1.82, 2.24) is 10.3 Å². The number of rotatable bonds is 6. The van der Waals surface area contributed by atoms with Gasteiger partial charge >= 0.3 is 0 Å². The molecule has 3 heterocycles. The minimum absolute atomic E-state index is 0.0467. The first-order chi connectivity index (χ1) is 16.0. The maximum Gasteiger partial charge on any atom is 0.245 e. The van der Waals surface area contributed by atoms with Gasteiger partial charge in [-0.1, -0.05) is 12.1 Å². The van der Waals surface area contributed by atoms with Gasteiger partial charge in [-0.3, -0.25) is 19.6 Å². The van der Waals surface area contributed by atoms with E-state index in [1.807, 2.05) is 24.3 Å². The number of pyridine rings is 1. The van der Waals surface area contributed by atoms with Gasteiger partial charge in [0.2, 0.25) is 11.8 Å². The van der Waals surface area contributed by atoms with E-state index >= 15 is 0 Å². The second kappa shape index (κ2) is 8.53. The number of aliphatic imine (C=N–C) groups is 1. The third-order valence-corrected chi connectivity index (χ3v) is 6.66. The van der Waals surface area contributed by atoms with E-state index in [0.29, 0.717) is 35.5 Å². The molecule has 0 radical (unpaired) electrons. The zero-order chi connectivity index (χ0) is 23.0. The Balaban J connectivity index is 1.43. The Morgan fingerprint density at radius 2 is 2.09 bits per heavy atom. The maximum absolute atomic E-state index is 13.3. The number of benzene rings is 1. The molecule has 0 unspecified atom stereocenters. The van der Waals surface area contributed by atoms with Crippen LogP contribution in [0.1, 0.15) is 48.1 Å². The highest BCUT2D eigenvalue weighted by Crippen LogP contribution is 2.50. The lowest BCUT2D eigenvalue weighted by molar-refractivity contribution is -0.118. The lowest BCUT2D eigenvalue weighted by Crippen LogP contribution is -2.29. The largest absolute Gasteiger partial charge is 0.396 e. The molecule has 5 rings (SSSR count). The summed E-state index contributed by atoms with van der Waals surface area (Å²) in [5.41, 5.74) is 11.4. The van der Waals surface area contributed by atoms with Gasteiger partial charge in [-0.2, -0.15) is 0 Å². The number of primary amides is 1. The van der Waals surface area contributed by atoms with Gasteiger partial charge < -0.3 is 21.5 Å². The normalized spacial score (nSPS) is 18.2. The lowest BCUT2D eigenvalue weighted by atomic mass is 9.92. The van der Waals surface area contributed by atoms with Crippen LogP contribution in [-0.2, 0) is 28.0 Å². The third kappa shape index (κ3) is 4.19. The van der Waals surface area contributed by atoms with Gasteiger partial charge in [0, 0.05) is 61.5 Å². The fourth-order valence-electron chi connectivity index (χ4n) is 4.60. The van der Waals surface area contributed by atoms with E-state index in [-0.39, 0.29) is 12.5 Å². The van der Waals surface area contributed by atoms with Crippen molar-refractivity contribution in [3.63, 3.8) is 0 Å². The Kier molecular flexibility index (Phi) is 5.55. The van der Waals surface area contributed by atoms with E-state index < -0.39 is 11.3 Å². The van der Waals surface area contributed by atoms with Crippen LogP contribution in [0.5, 0.6) is 0 Å². The SMILES string of the molecule is NC(=O)C1=Cc2ccc(C3(C(=O)Nc4cnc5c(c4)CNCC5)CC3)cc2N=C(CCO)C1. The predicted octanol–water partition coefficient (Wildman–Crippen LogP) is 2.12. The van der Waals surface area contributed by atoms with Crippen LogP contribution in [0, 0.1) is 0 Å². The molecule has 3 aliphatic rings. The van der Waals surface area contributed by atoms with Gasteiger partial charge in [-0.25, -0.2) is 0 Å². The zero-order valence-corrected chi connectivity index (χ0v) is 18.4. The molecule has 5 N–H and O–H groups in total. The number of aliphatic hydroxyl groups excluding tert-OH is 1.